The van der Waals surface area contributed by atoms with E-state index in [1.807, 2.05) is 5.01 Å². The molecule has 0 aromatic heterocycles. The molecule has 1 aromatic carbocycles. The lowest BCUT2D eigenvalue weighted by molar-refractivity contribution is 0.0634. The van der Waals surface area contributed by atoms with Crippen molar-refractivity contribution in [2.24, 2.45) is 0 Å². The number of rotatable bonds is 3. The maximum atomic E-state index is 12.2. The van der Waals surface area contributed by atoms with Crippen LogP contribution in [0.2, 0.25) is 0 Å². The molecule has 1 saturated heterocycles. The van der Waals surface area contributed by atoms with E-state index >= 15 is 0 Å². The van der Waals surface area contributed by atoms with Crippen molar-refractivity contribution in [2.75, 3.05) is 38.5 Å². The van der Waals surface area contributed by atoms with Crippen molar-refractivity contribution in [1.29, 1.82) is 0 Å². The molecule has 0 radical (unpaired) electrons. The van der Waals surface area contributed by atoms with Gasteiger partial charge in [-0.3, -0.25) is 15.5 Å². The van der Waals surface area contributed by atoms with Crippen LogP contribution in [0.1, 0.15) is 31.1 Å². The molecule has 1 aliphatic rings. The Hall–Kier alpha value is -2.12. The smallest absolute Gasteiger partial charge is 0.412 e. The molecule has 1 aromatic rings. The molecule has 132 valence electrons. The van der Waals surface area contributed by atoms with E-state index < -0.39 is 11.7 Å². The lowest BCUT2D eigenvalue weighted by atomic mass is 10.2. The summed E-state index contributed by atoms with van der Waals surface area (Å²) in [5, 5.41) is 4.57. The van der Waals surface area contributed by atoms with Crippen LogP contribution in [0.25, 0.3) is 0 Å². The number of nitrogens with zero attached hydrogens (tertiary/aromatic N) is 2. The van der Waals surface area contributed by atoms with Crippen molar-refractivity contribution in [1.82, 2.24) is 15.3 Å². The summed E-state index contributed by atoms with van der Waals surface area (Å²) < 4.78 is 5.19. The van der Waals surface area contributed by atoms with E-state index in [0.29, 0.717) is 11.3 Å². The van der Waals surface area contributed by atoms with Crippen molar-refractivity contribution >= 4 is 17.7 Å². The molecule has 1 fully saturated rings. The molecule has 2 N–H and O–H groups in total. The minimum atomic E-state index is -0.549. The number of nitrogens with one attached hydrogen (secondary N) is 2. The van der Waals surface area contributed by atoms with Crippen molar-refractivity contribution in [3.8, 4) is 0 Å². The molecule has 0 spiro atoms. The number of carbonyl (C=O) groups is 2. The van der Waals surface area contributed by atoms with Crippen LogP contribution in [0.3, 0.4) is 0 Å². The third-order valence-corrected chi connectivity index (χ3v) is 3.56. The Labute approximate surface area is 142 Å². The summed E-state index contributed by atoms with van der Waals surface area (Å²) in [5.74, 6) is -0.150. The minimum absolute atomic E-state index is 0.150. The van der Waals surface area contributed by atoms with Gasteiger partial charge < -0.3 is 9.64 Å². The highest BCUT2D eigenvalue weighted by molar-refractivity contribution is 5.94. The number of likely N-dealkylation sites (N-methyl/N-ethyl adjacent to an activating group) is 1. The number of anilines is 1. The van der Waals surface area contributed by atoms with Gasteiger partial charge in [0, 0.05) is 37.4 Å². The Balaban J connectivity index is 1.87. The average Bonchev–Trinajstić information content (AvgIpc) is 2.48. The molecule has 0 unspecified atom stereocenters. The van der Waals surface area contributed by atoms with Gasteiger partial charge in [0.25, 0.3) is 5.91 Å². The van der Waals surface area contributed by atoms with Crippen molar-refractivity contribution in [3.05, 3.63) is 29.8 Å². The van der Waals surface area contributed by atoms with Crippen LogP contribution in [0.4, 0.5) is 10.5 Å². The molecule has 2 amide bonds. The molecule has 0 bridgehead atoms. The standard InChI is InChI=1S/C17H26N4O3/c1-17(2,3)24-16(23)18-14-7-5-13(6-8-14)15(22)19-21-11-9-20(4)10-12-21/h5-8H,9-12H2,1-4H3,(H,18,23)(H,19,22). The second kappa shape index (κ2) is 7.63. The maximum Gasteiger partial charge on any atom is 0.412 e. The highest BCUT2D eigenvalue weighted by Gasteiger charge is 2.18. The quantitative estimate of drug-likeness (QED) is 0.883. The number of amides is 2. The van der Waals surface area contributed by atoms with Crippen molar-refractivity contribution in [3.63, 3.8) is 0 Å². The zero-order valence-corrected chi connectivity index (χ0v) is 14.8. The molecule has 1 aliphatic heterocycles. The lowest BCUT2D eigenvalue weighted by Gasteiger charge is -2.32. The van der Waals surface area contributed by atoms with Gasteiger partial charge in [0.15, 0.2) is 0 Å². The number of hydrogen-bond acceptors (Lipinski definition) is 5. The van der Waals surface area contributed by atoms with Crippen molar-refractivity contribution in [2.45, 2.75) is 26.4 Å². The van der Waals surface area contributed by atoms with Gasteiger partial charge in [-0.15, -0.1) is 0 Å². The fraction of sp³-hybridized carbons (Fsp3) is 0.529. The summed E-state index contributed by atoms with van der Waals surface area (Å²) in [5.41, 5.74) is 3.48. The van der Waals surface area contributed by atoms with Crippen LogP contribution in [0.5, 0.6) is 0 Å². The normalized spacial score (nSPS) is 16.5. The predicted molar refractivity (Wildman–Crippen MR) is 92.8 cm³/mol. The lowest BCUT2D eigenvalue weighted by Crippen LogP contribution is -2.52. The molecule has 0 atom stereocenters. The first kappa shape index (κ1) is 18.2. The summed E-state index contributed by atoms with van der Waals surface area (Å²) in [6.45, 7) is 8.88. The highest BCUT2D eigenvalue weighted by Crippen LogP contribution is 2.13. The summed E-state index contributed by atoms with van der Waals surface area (Å²) >= 11 is 0. The Morgan fingerprint density at radius 2 is 1.62 bits per heavy atom. The topological polar surface area (TPSA) is 73.9 Å². The number of hydrazine groups is 1. The van der Waals surface area contributed by atoms with Gasteiger partial charge in [0.1, 0.15) is 5.60 Å². The van der Waals surface area contributed by atoms with Crippen LogP contribution in [-0.4, -0.2) is 60.7 Å². The molecule has 0 aliphatic carbocycles. The molecule has 24 heavy (non-hydrogen) atoms. The molecular formula is C17H26N4O3. The van der Waals surface area contributed by atoms with E-state index in [2.05, 4.69) is 22.7 Å². The number of hydrogen-bond donors (Lipinski definition) is 2. The Morgan fingerprint density at radius 3 is 2.17 bits per heavy atom. The van der Waals surface area contributed by atoms with E-state index in [0.717, 1.165) is 26.2 Å². The van der Waals surface area contributed by atoms with Gasteiger partial charge in [-0.05, 0) is 52.1 Å². The first-order valence-corrected chi connectivity index (χ1v) is 8.07. The first-order valence-electron chi connectivity index (χ1n) is 8.07. The third-order valence-electron chi connectivity index (χ3n) is 3.56. The van der Waals surface area contributed by atoms with Crippen LogP contribution >= 0.6 is 0 Å². The van der Waals surface area contributed by atoms with E-state index in [9.17, 15) is 9.59 Å². The van der Waals surface area contributed by atoms with Gasteiger partial charge in [0.05, 0.1) is 0 Å². The van der Waals surface area contributed by atoms with Crippen LogP contribution in [0.15, 0.2) is 24.3 Å². The third kappa shape index (κ3) is 5.82. The van der Waals surface area contributed by atoms with Crippen LogP contribution in [0, 0.1) is 0 Å². The number of ether oxygens (including phenoxy) is 1. The SMILES string of the molecule is CN1CCN(NC(=O)c2ccc(NC(=O)OC(C)(C)C)cc2)CC1. The average molecular weight is 334 g/mol. The van der Waals surface area contributed by atoms with E-state index in [1.54, 1.807) is 45.0 Å². The number of carbonyl (C=O) groups excluding carboxylic acids is 2. The van der Waals surface area contributed by atoms with E-state index in [1.165, 1.54) is 0 Å². The van der Waals surface area contributed by atoms with Crippen LogP contribution in [-0.2, 0) is 4.74 Å². The zero-order valence-electron chi connectivity index (χ0n) is 14.8. The molecule has 7 nitrogen and oxygen atoms in total. The van der Waals surface area contributed by atoms with E-state index in [4.69, 9.17) is 4.74 Å². The monoisotopic (exact) mass is 334 g/mol. The Morgan fingerprint density at radius 1 is 1.04 bits per heavy atom. The van der Waals surface area contributed by atoms with Gasteiger partial charge >= 0.3 is 6.09 Å². The van der Waals surface area contributed by atoms with Gasteiger partial charge in [-0.25, -0.2) is 9.80 Å². The molecule has 0 saturated carbocycles. The highest BCUT2D eigenvalue weighted by atomic mass is 16.6. The molecule has 2 rings (SSSR count). The predicted octanol–water partition coefficient (Wildman–Crippen LogP) is 1.93. The summed E-state index contributed by atoms with van der Waals surface area (Å²) in [4.78, 5) is 26.2. The Kier molecular flexibility index (Phi) is 5.80. The fourth-order valence-electron chi connectivity index (χ4n) is 2.25. The van der Waals surface area contributed by atoms with Gasteiger partial charge in [0.2, 0.25) is 0 Å². The largest absolute Gasteiger partial charge is 0.444 e. The van der Waals surface area contributed by atoms with Crippen LogP contribution < -0.4 is 10.7 Å². The molecular weight excluding hydrogens is 308 g/mol. The Bertz CT molecular complexity index is 572. The maximum absolute atomic E-state index is 12.2. The van der Waals surface area contributed by atoms with Crippen molar-refractivity contribution < 1.29 is 14.3 Å². The molecule has 7 heteroatoms. The van der Waals surface area contributed by atoms with E-state index in [-0.39, 0.29) is 5.91 Å². The van der Waals surface area contributed by atoms with Gasteiger partial charge in [-0.1, -0.05) is 0 Å². The minimum Gasteiger partial charge on any atom is -0.444 e. The first-order chi connectivity index (χ1) is 11.2. The second-order valence-electron chi connectivity index (χ2n) is 6.94. The summed E-state index contributed by atoms with van der Waals surface area (Å²) in [6, 6.07) is 6.72. The molecule has 1 heterocycles. The zero-order chi connectivity index (χ0) is 17.7. The summed E-state index contributed by atoms with van der Waals surface area (Å²) in [6.07, 6.45) is -0.517. The number of benzene rings is 1. The fourth-order valence-corrected chi connectivity index (χ4v) is 2.25. The van der Waals surface area contributed by atoms with Gasteiger partial charge in [-0.2, -0.15) is 0 Å². The summed E-state index contributed by atoms with van der Waals surface area (Å²) in [7, 11) is 2.07. The number of piperazine rings is 1. The second-order valence-corrected chi connectivity index (χ2v) is 6.94.